The predicted octanol–water partition coefficient (Wildman–Crippen LogP) is 5.08. The summed E-state index contributed by atoms with van der Waals surface area (Å²) in [6.07, 6.45) is 1.79. The maximum absolute atomic E-state index is 5.99. The zero-order chi connectivity index (χ0) is 15.4. The van der Waals surface area contributed by atoms with E-state index in [-0.39, 0.29) is 0 Å². The van der Waals surface area contributed by atoms with E-state index in [2.05, 4.69) is 22.9 Å². The van der Waals surface area contributed by atoms with Crippen LogP contribution in [0.25, 0.3) is 11.3 Å². The van der Waals surface area contributed by atoms with Gasteiger partial charge in [-0.05, 0) is 18.7 Å². The van der Waals surface area contributed by atoms with Crippen LogP contribution in [0.3, 0.4) is 0 Å². The Kier molecular flexibility index (Phi) is 4.93. The van der Waals surface area contributed by atoms with Gasteiger partial charge in [0.1, 0.15) is 0 Å². The zero-order valence-corrected chi connectivity index (χ0v) is 13.9. The van der Waals surface area contributed by atoms with Gasteiger partial charge >= 0.3 is 0 Å². The lowest BCUT2D eigenvalue weighted by Gasteiger charge is -2.17. The molecule has 5 heteroatoms. The largest absolute Gasteiger partial charge is 0.439 e. The van der Waals surface area contributed by atoms with Crippen molar-refractivity contribution in [2.75, 3.05) is 6.54 Å². The first kappa shape index (κ1) is 15.3. The van der Waals surface area contributed by atoms with Gasteiger partial charge in [0.2, 0.25) is 5.89 Å². The molecule has 0 amide bonds. The third-order valence-electron chi connectivity index (χ3n) is 3.43. The van der Waals surface area contributed by atoms with Crippen molar-refractivity contribution in [3.8, 4) is 11.3 Å². The van der Waals surface area contributed by atoms with Gasteiger partial charge in [-0.2, -0.15) is 0 Å². The summed E-state index contributed by atoms with van der Waals surface area (Å²) in [6, 6.07) is 14.0. The fourth-order valence-electron chi connectivity index (χ4n) is 2.25. The van der Waals surface area contributed by atoms with Crippen LogP contribution in [0.2, 0.25) is 4.34 Å². The minimum absolute atomic E-state index is 0.693. The molecule has 0 radical (unpaired) electrons. The molecule has 0 aliphatic heterocycles. The third kappa shape index (κ3) is 3.77. The van der Waals surface area contributed by atoms with Crippen molar-refractivity contribution < 1.29 is 4.42 Å². The van der Waals surface area contributed by atoms with Gasteiger partial charge in [-0.3, -0.25) is 4.90 Å². The van der Waals surface area contributed by atoms with Gasteiger partial charge in [0, 0.05) is 17.0 Å². The van der Waals surface area contributed by atoms with Crippen molar-refractivity contribution in [2.45, 2.75) is 20.0 Å². The highest BCUT2D eigenvalue weighted by atomic mass is 35.5. The molecule has 0 N–H and O–H groups in total. The van der Waals surface area contributed by atoms with Crippen molar-refractivity contribution in [3.05, 3.63) is 63.8 Å². The summed E-state index contributed by atoms with van der Waals surface area (Å²) in [5.74, 6) is 1.55. The lowest BCUT2D eigenvalue weighted by Crippen LogP contribution is -2.21. The van der Waals surface area contributed by atoms with E-state index in [4.69, 9.17) is 16.0 Å². The Morgan fingerprint density at radius 2 is 1.95 bits per heavy atom. The first-order chi connectivity index (χ1) is 10.7. The molecular formula is C17H17ClN2OS. The summed E-state index contributed by atoms with van der Waals surface area (Å²) in [5, 5.41) is 0. The predicted molar refractivity (Wildman–Crippen MR) is 91.1 cm³/mol. The monoisotopic (exact) mass is 332 g/mol. The van der Waals surface area contributed by atoms with Crippen LogP contribution in [0.4, 0.5) is 0 Å². The van der Waals surface area contributed by atoms with Gasteiger partial charge in [0.25, 0.3) is 0 Å². The molecule has 2 aromatic heterocycles. The number of halogens is 1. The summed E-state index contributed by atoms with van der Waals surface area (Å²) in [5.41, 5.74) is 1.05. The quantitative estimate of drug-likeness (QED) is 0.630. The normalized spacial score (nSPS) is 11.2. The topological polar surface area (TPSA) is 29.3 Å². The molecule has 0 saturated heterocycles. The molecule has 3 aromatic rings. The molecule has 0 aliphatic rings. The van der Waals surface area contributed by atoms with Gasteiger partial charge in [0.05, 0.1) is 17.1 Å². The highest BCUT2D eigenvalue weighted by molar-refractivity contribution is 7.16. The molecule has 3 nitrogen and oxygen atoms in total. The van der Waals surface area contributed by atoms with E-state index < -0.39 is 0 Å². The molecule has 3 rings (SSSR count). The van der Waals surface area contributed by atoms with Gasteiger partial charge in [0.15, 0.2) is 5.76 Å². The van der Waals surface area contributed by atoms with Crippen molar-refractivity contribution in [2.24, 2.45) is 0 Å². The molecule has 0 aliphatic carbocycles. The number of oxazole rings is 1. The van der Waals surface area contributed by atoms with Crippen molar-refractivity contribution in [1.82, 2.24) is 9.88 Å². The minimum Gasteiger partial charge on any atom is -0.439 e. The van der Waals surface area contributed by atoms with E-state index in [0.717, 1.165) is 34.6 Å². The Labute approximate surface area is 139 Å². The summed E-state index contributed by atoms with van der Waals surface area (Å²) in [4.78, 5) is 7.93. The number of nitrogens with zero attached hydrogens (tertiary/aromatic N) is 2. The van der Waals surface area contributed by atoms with Crippen molar-refractivity contribution >= 4 is 22.9 Å². The van der Waals surface area contributed by atoms with Gasteiger partial charge in [-0.25, -0.2) is 4.98 Å². The fraction of sp³-hybridized carbons (Fsp3) is 0.235. The van der Waals surface area contributed by atoms with Crippen LogP contribution in [0, 0.1) is 0 Å². The average Bonchev–Trinajstić information content (AvgIpc) is 3.17. The molecule has 0 bridgehead atoms. The van der Waals surface area contributed by atoms with Crippen LogP contribution in [0.15, 0.2) is 53.1 Å². The van der Waals surface area contributed by atoms with Crippen LogP contribution in [0.1, 0.15) is 17.7 Å². The molecule has 0 spiro atoms. The van der Waals surface area contributed by atoms with Crippen LogP contribution >= 0.6 is 22.9 Å². The summed E-state index contributed by atoms with van der Waals surface area (Å²) < 4.78 is 6.70. The standard InChI is InChI=1S/C17H17ClN2OS/c1-2-20(11-14-8-9-16(18)22-14)12-17-19-10-15(21-17)13-6-4-3-5-7-13/h3-10H,2,11-12H2,1H3. The Bertz CT molecular complexity index is 723. The van der Waals surface area contributed by atoms with Crippen molar-refractivity contribution in [3.63, 3.8) is 0 Å². The number of benzene rings is 1. The van der Waals surface area contributed by atoms with E-state index >= 15 is 0 Å². The molecule has 0 atom stereocenters. The average molecular weight is 333 g/mol. The summed E-state index contributed by atoms with van der Waals surface area (Å²) in [6.45, 7) is 4.62. The highest BCUT2D eigenvalue weighted by Crippen LogP contribution is 2.24. The molecule has 114 valence electrons. The SMILES string of the molecule is CCN(Cc1ncc(-c2ccccc2)o1)Cc1ccc(Cl)s1. The van der Waals surface area contributed by atoms with Gasteiger partial charge in [-0.15, -0.1) is 11.3 Å². The second-order valence-corrected chi connectivity index (χ2v) is 6.79. The lowest BCUT2D eigenvalue weighted by atomic mass is 10.2. The number of rotatable bonds is 6. The summed E-state index contributed by atoms with van der Waals surface area (Å²) in [7, 11) is 0. The molecule has 1 aromatic carbocycles. The zero-order valence-electron chi connectivity index (χ0n) is 12.3. The fourth-order valence-corrected chi connectivity index (χ4v) is 3.38. The van der Waals surface area contributed by atoms with E-state index in [9.17, 15) is 0 Å². The number of hydrogen-bond acceptors (Lipinski definition) is 4. The molecule has 2 heterocycles. The second kappa shape index (κ2) is 7.09. The third-order valence-corrected chi connectivity index (χ3v) is 4.64. The van der Waals surface area contributed by atoms with E-state index in [1.165, 1.54) is 4.88 Å². The maximum Gasteiger partial charge on any atom is 0.209 e. The van der Waals surface area contributed by atoms with Gasteiger partial charge < -0.3 is 4.42 Å². The Morgan fingerprint density at radius 3 is 2.64 bits per heavy atom. The molecule has 0 saturated carbocycles. The van der Waals surface area contributed by atoms with Crippen LogP contribution in [-0.2, 0) is 13.1 Å². The van der Waals surface area contributed by atoms with Crippen LogP contribution in [-0.4, -0.2) is 16.4 Å². The highest BCUT2D eigenvalue weighted by Gasteiger charge is 2.11. The van der Waals surface area contributed by atoms with E-state index in [1.807, 2.05) is 36.4 Å². The first-order valence-electron chi connectivity index (χ1n) is 7.21. The molecule has 0 fully saturated rings. The Balaban J connectivity index is 1.68. The van der Waals surface area contributed by atoms with Crippen molar-refractivity contribution in [1.29, 1.82) is 0 Å². The first-order valence-corrected chi connectivity index (χ1v) is 8.40. The van der Waals surface area contributed by atoms with E-state index in [0.29, 0.717) is 6.54 Å². The molecular weight excluding hydrogens is 316 g/mol. The lowest BCUT2D eigenvalue weighted by molar-refractivity contribution is 0.245. The van der Waals surface area contributed by atoms with Crippen LogP contribution in [0.5, 0.6) is 0 Å². The summed E-state index contributed by atoms with van der Waals surface area (Å²) >= 11 is 7.60. The minimum atomic E-state index is 0.693. The number of thiophene rings is 1. The number of hydrogen-bond donors (Lipinski definition) is 0. The second-order valence-electron chi connectivity index (χ2n) is 4.99. The Morgan fingerprint density at radius 1 is 1.14 bits per heavy atom. The van der Waals surface area contributed by atoms with Crippen LogP contribution < -0.4 is 0 Å². The maximum atomic E-state index is 5.99. The smallest absolute Gasteiger partial charge is 0.209 e. The molecule has 22 heavy (non-hydrogen) atoms. The van der Waals surface area contributed by atoms with Gasteiger partial charge in [-0.1, -0.05) is 48.9 Å². The number of aromatic nitrogens is 1. The van der Waals surface area contributed by atoms with E-state index in [1.54, 1.807) is 17.5 Å². The molecule has 0 unspecified atom stereocenters. The Hall–Kier alpha value is -1.62.